The fourth-order valence-corrected chi connectivity index (χ4v) is 9.67. The van der Waals surface area contributed by atoms with E-state index in [4.69, 9.17) is 9.47 Å². The molecule has 5 rings (SSSR count). The van der Waals surface area contributed by atoms with E-state index in [1.54, 1.807) is 0 Å². The van der Waals surface area contributed by atoms with E-state index in [0.29, 0.717) is 36.7 Å². The predicted molar refractivity (Wildman–Crippen MR) is 136 cm³/mol. The first-order valence-electron chi connectivity index (χ1n) is 14.0. The molecule has 0 radical (unpaired) electrons. The van der Waals surface area contributed by atoms with E-state index in [1.165, 1.54) is 12.5 Å². The van der Waals surface area contributed by atoms with Crippen LogP contribution in [0.3, 0.4) is 0 Å². The number of hydrogen-bond donors (Lipinski definition) is 2. The molecule has 1 saturated heterocycles. The molecule has 0 aromatic carbocycles. The fourth-order valence-electron chi connectivity index (χ4n) is 9.67. The van der Waals surface area contributed by atoms with Crippen LogP contribution in [0.2, 0.25) is 0 Å². The van der Waals surface area contributed by atoms with Crippen molar-refractivity contribution in [1.29, 1.82) is 0 Å². The van der Waals surface area contributed by atoms with Crippen LogP contribution in [0.15, 0.2) is 22.8 Å². The molecule has 10 unspecified atom stereocenters. The largest absolute Gasteiger partial charge is 0.478 e. The van der Waals surface area contributed by atoms with Crippen LogP contribution in [-0.4, -0.2) is 46.1 Å². The maximum atomic E-state index is 12.6. The molecule has 0 amide bonds. The second kappa shape index (κ2) is 8.69. The highest BCUT2D eigenvalue weighted by molar-refractivity contribution is 5.88. The Morgan fingerprint density at radius 3 is 2.50 bits per heavy atom. The van der Waals surface area contributed by atoms with Crippen molar-refractivity contribution in [1.82, 2.24) is 0 Å². The highest BCUT2D eigenvalue weighted by atomic mass is 16.5. The summed E-state index contributed by atoms with van der Waals surface area (Å²) in [5.41, 5.74) is 2.03. The van der Waals surface area contributed by atoms with Crippen molar-refractivity contribution in [3.63, 3.8) is 0 Å². The molecule has 1 heterocycles. The lowest BCUT2D eigenvalue weighted by Gasteiger charge is -2.76. The molecule has 5 aliphatic rings. The summed E-state index contributed by atoms with van der Waals surface area (Å²) in [6.45, 7) is 12.4. The van der Waals surface area contributed by atoms with Gasteiger partial charge in [-0.25, -0.2) is 4.79 Å². The lowest BCUT2D eigenvalue weighted by atomic mass is 9.37. The Kier molecular flexibility index (Phi) is 6.27. The lowest BCUT2D eigenvalue weighted by molar-refractivity contribution is -0.390. The molecule has 10 atom stereocenters. The Labute approximate surface area is 215 Å². The zero-order chi connectivity index (χ0) is 26.2. The summed E-state index contributed by atoms with van der Waals surface area (Å²) in [6.07, 6.45) is 7.72. The Morgan fingerprint density at radius 1 is 1.14 bits per heavy atom. The Morgan fingerprint density at radius 2 is 1.86 bits per heavy atom. The normalized spacial score (nSPS) is 48.0. The van der Waals surface area contributed by atoms with Crippen LogP contribution in [0.4, 0.5) is 0 Å². The van der Waals surface area contributed by atoms with Crippen LogP contribution in [0, 0.1) is 34.5 Å². The number of esters is 1. The highest BCUT2D eigenvalue weighted by Crippen LogP contribution is 2.77. The van der Waals surface area contributed by atoms with Crippen LogP contribution in [0.5, 0.6) is 0 Å². The van der Waals surface area contributed by atoms with Gasteiger partial charge in [0.1, 0.15) is 6.10 Å². The van der Waals surface area contributed by atoms with E-state index in [0.717, 1.165) is 37.7 Å². The van der Waals surface area contributed by atoms with Gasteiger partial charge < -0.3 is 19.7 Å². The van der Waals surface area contributed by atoms with E-state index in [1.807, 2.05) is 13.8 Å². The van der Waals surface area contributed by atoms with Crippen LogP contribution >= 0.6 is 0 Å². The quantitative estimate of drug-likeness (QED) is 0.297. The number of ether oxygens (including phenoxy) is 2. The summed E-state index contributed by atoms with van der Waals surface area (Å²) in [4.78, 5) is 24.8. The first kappa shape index (κ1) is 26.0. The monoisotopic (exact) mass is 500 g/mol. The standard InChI is InChI=1S/C30H44O6/c1-16(2)8-7-9-19(27(33)34)25-21-14-23-26-28(5,29(21,6)15-24(25)35-18(4)31)12-10-20-17(3)22(32)11-13-30(20,26)36-23/h8,17,20-24,26,32H,7,9-15H2,1-6H3,(H,33,34). The minimum absolute atomic E-state index is 0.0198. The average molecular weight is 501 g/mol. The summed E-state index contributed by atoms with van der Waals surface area (Å²) in [7, 11) is 0. The van der Waals surface area contributed by atoms with Gasteiger partial charge in [0.05, 0.1) is 17.8 Å². The smallest absolute Gasteiger partial charge is 0.331 e. The second-order valence-corrected chi connectivity index (χ2v) is 13.2. The van der Waals surface area contributed by atoms with Crippen molar-refractivity contribution in [3.05, 3.63) is 22.8 Å². The third kappa shape index (κ3) is 3.49. The maximum Gasteiger partial charge on any atom is 0.331 e. The Balaban J connectivity index is 1.57. The third-order valence-corrected chi connectivity index (χ3v) is 11.4. The number of allylic oxidation sites excluding steroid dienone is 2. The molecule has 4 aliphatic carbocycles. The molecular formula is C30H44O6. The zero-order valence-corrected chi connectivity index (χ0v) is 22.8. The zero-order valence-electron chi connectivity index (χ0n) is 22.8. The molecule has 36 heavy (non-hydrogen) atoms. The summed E-state index contributed by atoms with van der Waals surface area (Å²) < 4.78 is 12.8. The number of aliphatic carboxylic acids is 1. The van der Waals surface area contributed by atoms with Crippen LogP contribution < -0.4 is 0 Å². The van der Waals surface area contributed by atoms with E-state index in [-0.39, 0.29) is 46.4 Å². The van der Waals surface area contributed by atoms with Crippen molar-refractivity contribution in [2.24, 2.45) is 34.5 Å². The van der Waals surface area contributed by atoms with Crippen molar-refractivity contribution in [2.75, 3.05) is 0 Å². The maximum absolute atomic E-state index is 12.6. The minimum atomic E-state index is -0.898. The van der Waals surface area contributed by atoms with Gasteiger partial charge in [-0.2, -0.15) is 0 Å². The molecule has 6 nitrogen and oxygen atoms in total. The SMILES string of the molecule is CC(=O)OC1CC2(C)C(CC3OC45CCC(O)C(C)C4CCC2(C)C35)C1=C(CCC=C(C)C)C(=O)O. The van der Waals surface area contributed by atoms with E-state index in [9.17, 15) is 19.8 Å². The molecule has 1 aliphatic heterocycles. The average Bonchev–Trinajstić information content (AvgIpc) is 3.03. The van der Waals surface area contributed by atoms with E-state index < -0.39 is 12.1 Å². The van der Waals surface area contributed by atoms with Gasteiger partial charge >= 0.3 is 11.9 Å². The van der Waals surface area contributed by atoms with Gasteiger partial charge in [-0.1, -0.05) is 32.4 Å². The molecule has 4 saturated carbocycles. The number of rotatable bonds is 5. The van der Waals surface area contributed by atoms with E-state index in [2.05, 4.69) is 26.8 Å². The van der Waals surface area contributed by atoms with Crippen LogP contribution in [0.25, 0.3) is 0 Å². The van der Waals surface area contributed by atoms with Crippen LogP contribution in [0.1, 0.15) is 92.9 Å². The number of aliphatic hydroxyl groups is 1. The van der Waals surface area contributed by atoms with Crippen molar-refractivity contribution < 1.29 is 29.3 Å². The van der Waals surface area contributed by atoms with E-state index >= 15 is 0 Å². The molecule has 1 spiro atoms. The number of carbonyl (C=O) groups is 2. The molecule has 200 valence electrons. The molecule has 0 bridgehead atoms. The summed E-state index contributed by atoms with van der Waals surface area (Å²) in [6, 6.07) is 0. The number of carbonyl (C=O) groups excluding carboxylic acids is 1. The topological polar surface area (TPSA) is 93.1 Å². The summed E-state index contributed by atoms with van der Waals surface area (Å²) >= 11 is 0. The van der Waals surface area contributed by atoms with Gasteiger partial charge in [0.15, 0.2) is 0 Å². The molecule has 5 fully saturated rings. The molecule has 6 heteroatoms. The first-order chi connectivity index (χ1) is 16.9. The summed E-state index contributed by atoms with van der Waals surface area (Å²) in [5, 5.41) is 20.9. The molecule has 0 aromatic heterocycles. The lowest BCUT2D eigenvalue weighted by Crippen LogP contribution is -2.78. The Hall–Kier alpha value is -1.66. The van der Waals surface area contributed by atoms with Crippen molar-refractivity contribution in [2.45, 2.75) is 117 Å². The van der Waals surface area contributed by atoms with Gasteiger partial charge in [0.25, 0.3) is 0 Å². The summed E-state index contributed by atoms with van der Waals surface area (Å²) in [5.74, 6) is -0.229. The van der Waals surface area contributed by atoms with Gasteiger partial charge in [0, 0.05) is 18.4 Å². The minimum Gasteiger partial charge on any atom is -0.478 e. The second-order valence-electron chi connectivity index (χ2n) is 13.2. The van der Waals surface area contributed by atoms with Crippen molar-refractivity contribution >= 4 is 11.9 Å². The van der Waals surface area contributed by atoms with Crippen molar-refractivity contribution in [3.8, 4) is 0 Å². The third-order valence-electron chi connectivity index (χ3n) is 11.4. The number of hydrogen-bond acceptors (Lipinski definition) is 5. The predicted octanol–water partition coefficient (Wildman–Crippen LogP) is 5.44. The fraction of sp³-hybridized carbons (Fsp3) is 0.800. The molecular weight excluding hydrogens is 456 g/mol. The highest BCUT2D eigenvalue weighted by Gasteiger charge is 2.77. The molecule has 0 aromatic rings. The van der Waals surface area contributed by atoms with Gasteiger partial charge in [-0.15, -0.1) is 0 Å². The van der Waals surface area contributed by atoms with Gasteiger partial charge in [-0.3, -0.25) is 4.79 Å². The van der Waals surface area contributed by atoms with Gasteiger partial charge in [-0.05, 0) is 99.4 Å². The molecule has 2 N–H and O–H groups in total. The number of carboxylic acid groups (broad SMARTS) is 1. The Bertz CT molecular complexity index is 1010. The number of aliphatic hydroxyl groups excluding tert-OH is 1. The number of carboxylic acids is 1. The van der Waals surface area contributed by atoms with Gasteiger partial charge in [0.2, 0.25) is 0 Å². The first-order valence-corrected chi connectivity index (χ1v) is 14.0. The number of fused-ring (bicyclic) bond motifs is 2. The van der Waals surface area contributed by atoms with Crippen LogP contribution in [-0.2, 0) is 19.1 Å².